The van der Waals surface area contributed by atoms with Gasteiger partial charge in [0.15, 0.2) is 0 Å². The van der Waals surface area contributed by atoms with Gasteiger partial charge in [0.1, 0.15) is 5.82 Å². The van der Waals surface area contributed by atoms with Crippen LogP contribution in [0.5, 0.6) is 0 Å². The summed E-state index contributed by atoms with van der Waals surface area (Å²) in [7, 11) is -0.429. The Bertz CT molecular complexity index is 631. The highest BCUT2D eigenvalue weighted by atomic mass is 32.2. The van der Waals surface area contributed by atoms with Crippen molar-refractivity contribution in [3.63, 3.8) is 0 Å². The molecule has 1 heterocycles. The number of hydrogen-bond donors (Lipinski definition) is 1. The molecule has 0 radical (unpaired) electrons. The van der Waals surface area contributed by atoms with E-state index in [-0.39, 0.29) is 36.8 Å². The smallest absolute Gasteiger partial charge is 0.251 e. The predicted molar refractivity (Wildman–Crippen MR) is 79.4 cm³/mol. The Kier molecular flexibility index (Phi) is 5.15. The minimum absolute atomic E-state index is 0.0889. The van der Waals surface area contributed by atoms with Crippen molar-refractivity contribution in [1.82, 2.24) is 9.62 Å². The van der Waals surface area contributed by atoms with Crippen LogP contribution in [0, 0.1) is 11.7 Å². The first-order valence-corrected chi connectivity index (χ1v) is 8.45. The van der Waals surface area contributed by atoms with E-state index in [2.05, 4.69) is 5.32 Å². The van der Waals surface area contributed by atoms with Gasteiger partial charge in [-0.05, 0) is 24.3 Å². The van der Waals surface area contributed by atoms with Crippen molar-refractivity contribution in [2.24, 2.45) is 5.92 Å². The minimum atomic E-state index is -3.37. The second-order valence-corrected chi connectivity index (χ2v) is 7.67. The number of hydrogen-bond acceptors (Lipinski definition) is 4. The zero-order chi connectivity index (χ0) is 16.3. The highest BCUT2D eigenvalue weighted by molar-refractivity contribution is 7.89. The molecule has 1 fully saturated rings. The number of amides is 1. The first-order valence-electron chi connectivity index (χ1n) is 6.84. The van der Waals surface area contributed by atoms with Crippen LogP contribution in [0.3, 0.4) is 0 Å². The SMILES string of the molecule is CN(C)S(=O)(=O)C[C@@H]1COC[C@@H]1NC(=O)c1ccc(F)cc1. The summed E-state index contributed by atoms with van der Waals surface area (Å²) >= 11 is 0. The number of carbonyl (C=O) groups excluding carboxylic acids is 1. The van der Waals surface area contributed by atoms with Crippen LogP contribution in [0.15, 0.2) is 24.3 Å². The van der Waals surface area contributed by atoms with Crippen molar-refractivity contribution >= 4 is 15.9 Å². The fourth-order valence-corrected chi connectivity index (χ4v) is 3.36. The number of rotatable bonds is 5. The molecule has 6 nitrogen and oxygen atoms in total. The highest BCUT2D eigenvalue weighted by Crippen LogP contribution is 2.18. The van der Waals surface area contributed by atoms with E-state index in [1.807, 2.05) is 0 Å². The van der Waals surface area contributed by atoms with Gasteiger partial charge < -0.3 is 10.1 Å². The van der Waals surface area contributed by atoms with Gasteiger partial charge in [-0.15, -0.1) is 0 Å². The highest BCUT2D eigenvalue weighted by Gasteiger charge is 2.34. The third-order valence-corrected chi connectivity index (χ3v) is 5.56. The molecule has 122 valence electrons. The molecule has 22 heavy (non-hydrogen) atoms. The zero-order valence-electron chi connectivity index (χ0n) is 12.5. The van der Waals surface area contributed by atoms with E-state index >= 15 is 0 Å². The largest absolute Gasteiger partial charge is 0.379 e. The van der Waals surface area contributed by atoms with E-state index in [1.165, 1.54) is 38.4 Å². The quantitative estimate of drug-likeness (QED) is 0.851. The number of nitrogens with one attached hydrogen (secondary N) is 1. The third-order valence-electron chi connectivity index (χ3n) is 3.60. The third kappa shape index (κ3) is 4.02. The van der Waals surface area contributed by atoms with E-state index in [0.29, 0.717) is 5.56 Å². The van der Waals surface area contributed by atoms with Crippen molar-refractivity contribution in [3.05, 3.63) is 35.6 Å². The van der Waals surface area contributed by atoms with E-state index < -0.39 is 15.8 Å². The molecule has 0 spiro atoms. The number of benzene rings is 1. The second kappa shape index (κ2) is 6.72. The van der Waals surface area contributed by atoms with Crippen LogP contribution in [0.1, 0.15) is 10.4 Å². The molecule has 2 rings (SSSR count). The average molecular weight is 330 g/mol. The standard InChI is InChI=1S/C14H19FN2O4S/c1-17(2)22(19,20)9-11-7-21-8-13(11)16-14(18)10-3-5-12(15)6-4-10/h3-6,11,13H,7-9H2,1-2H3,(H,16,18)/t11-,13-/m0/s1. The summed E-state index contributed by atoms with van der Waals surface area (Å²) in [5.74, 6) is -1.19. The lowest BCUT2D eigenvalue weighted by atomic mass is 10.1. The molecule has 0 bridgehead atoms. The maximum Gasteiger partial charge on any atom is 0.251 e. The molecule has 2 atom stereocenters. The molecular formula is C14H19FN2O4S. The van der Waals surface area contributed by atoms with Gasteiger partial charge in [-0.3, -0.25) is 4.79 Å². The number of carbonyl (C=O) groups is 1. The molecule has 1 aliphatic rings. The van der Waals surface area contributed by atoms with Crippen molar-refractivity contribution in [2.75, 3.05) is 33.1 Å². The molecule has 0 aromatic heterocycles. The Morgan fingerprint density at radius 2 is 1.95 bits per heavy atom. The van der Waals surface area contributed by atoms with Gasteiger partial charge in [0.2, 0.25) is 10.0 Å². The van der Waals surface area contributed by atoms with Crippen molar-refractivity contribution in [3.8, 4) is 0 Å². The fourth-order valence-electron chi connectivity index (χ4n) is 2.19. The topological polar surface area (TPSA) is 75.7 Å². The van der Waals surface area contributed by atoms with Crippen molar-refractivity contribution in [1.29, 1.82) is 0 Å². The maximum atomic E-state index is 12.9. The van der Waals surface area contributed by atoms with Crippen LogP contribution >= 0.6 is 0 Å². The van der Waals surface area contributed by atoms with Gasteiger partial charge in [0, 0.05) is 25.6 Å². The van der Waals surface area contributed by atoms with E-state index in [9.17, 15) is 17.6 Å². The lowest BCUT2D eigenvalue weighted by Gasteiger charge is -2.21. The summed E-state index contributed by atoms with van der Waals surface area (Å²) in [6, 6.07) is 4.78. The Morgan fingerprint density at radius 3 is 2.55 bits per heavy atom. The molecule has 8 heteroatoms. The van der Waals surface area contributed by atoms with Crippen molar-refractivity contribution in [2.45, 2.75) is 6.04 Å². The normalized spacial score (nSPS) is 22.0. The van der Waals surface area contributed by atoms with Crippen molar-refractivity contribution < 1.29 is 22.3 Å². The minimum Gasteiger partial charge on any atom is -0.379 e. The molecule has 1 aromatic rings. The van der Waals surface area contributed by atoms with Gasteiger partial charge in [0.05, 0.1) is 25.0 Å². The summed E-state index contributed by atoms with van der Waals surface area (Å²) < 4.78 is 43.2. The van der Waals surface area contributed by atoms with E-state index in [0.717, 1.165) is 4.31 Å². The molecule has 1 saturated heterocycles. The lowest BCUT2D eigenvalue weighted by molar-refractivity contribution is 0.0926. The Morgan fingerprint density at radius 1 is 1.32 bits per heavy atom. The maximum absolute atomic E-state index is 12.9. The molecule has 1 aliphatic heterocycles. The molecule has 1 N–H and O–H groups in total. The van der Waals surface area contributed by atoms with Crippen LogP contribution in [-0.2, 0) is 14.8 Å². The van der Waals surface area contributed by atoms with Crippen LogP contribution in [-0.4, -0.2) is 57.7 Å². The molecular weight excluding hydrogens is 311 g/mol. The lowest BCUT2D eigenvalue weighted by Crippen LogP contribution is -2.43. The molecule has 1 aromatic carbocycles. The zero-order valence-corrected chi connectivity index (χ0v) is 13.3. The summed E-state index contributed by atoms with van der Waals surface area (Å²) in [6.45, 7) is 0.544. The van der Waals surface area contributed by atoms with E-state index in [4.69, 9.17) is 4.74 Å². The predicted octanol–water partition coefficient (Wildman–Crippen LogP) is 0.462. The van der Waals surface area contributed by atoms with Crippen LogP contribution < -0.4 is 5.32 Å². The fraction of sp³-hybridized carbons (Fsp3) is 0.500. The van der Waals surface area contributed by atoms with Gasteiger partial charge in [-0.1, -0.05) is 0 Å². The molecule has 0 saturated carbocycles. The number of ether oxygens (including phenoxy) is 1. The van der Waals surface area contributed by atoms with Crippen LogP contribution in [0.4, 0.5) is 4.39 Å². The first-order chi connectivity index (χ1) is 10.3. The Balaban J connectivity index is 2.02. The first kappa shape index (κ1) is 16.9. The second-order valence-electron chi connectivity index (χ2n) is 5.45. The van der Waals surface area contributed by atoms with Crippen LogP contribution in [0.2, 0.25) is 0 Å². The molecule has 1 amide bonds. The Hall–Kier alpha value is -1.51. The number of nitrogens with zero attached hydrogens (tertiary/aromatic N) is 1. The van der Waals surface area contributed by atoms with Gasteiger partial charge in [0.25, 0.3) is 5.91 Å². The van der Waals surface area contributed by atoms with Gasteiger partial charge in [-0.25, -0.2) is 17.1 Å². The summed E-state index contributed by atoms with van der Waals surface area (Å²) in [5, 5.41) is 2.76. The number of sulfonamides is 1. The van der Waals surface area contributed by atoms with Gasteiger partial charge in [-0.2, -0.15) is 0 Å². The molecule has 0 unspecified atom stereocenters. The number of halogens is 1. The van der Waals surface area contributed by atoms with Gasteiger partial charge >= 0.3 is 0 Å². The van der Waals surface area contributed by atoms with E-state index in [1.54, 1.807) is 0 Å². The monoisotopic (exact) mass is 330 g/mol. The van der Waals surface area contributed by atoms with Crippen LogP contribution in [0.25, 0.3) is 0 Å². The summed E-state index contributed by atoms with van der Waals surface area (Å²) in [5.41, 5.74) is 0.322. The average Bonchev–Trinajstić information content (AvgIpc) is 2.85. The summed E-state index contributed by atoms with van der Waals surface area (Å²) in [4.78, 5) is 12.1. The molecule has 0 aliphatic carbocycles. The Labute approximate surface area is 129 Å². The summed E-state index contributed by atoms with van der Waals surface area (Å²) in [6.07, 6.45) is 0.